The molecule has 0 spiro atoms. The van der Waals surface area contributed by atoms with E-state index in [1.165, 1.54) is 22.7 Å². The first-order valence-corrected chi connectivity index (χ1v) is 7.78. The van der Waals surface area contributed by atoms with Crippen molar-refractivity contribution in [3.8, 4) is 0 Å². The highest BCUT2D eigenvalue weighted by molar-refractivity contribution is 8.23. The van der Waals surface area contributed by atoms with E-state index in [4.69, 9.17) is 12.2 Å². The van der Waals surface area contributed by atoms with E-state index in [1.807, 2.05) is 0 Å². The number of aliphatic hydroxyl groups is 1. The zero-order valence-corrected chi connectivity index (χ0v) is 12.9. The van der Waals surface area contributed by atoms with Crippen molar-refractivity contribution in [3.63, 3.8) is 0 Å². The molecule has 1 N–H and O–H groups in total. The number of aromatic nitrogens is 1. The molecule has 1 aromatic carbocycles. The monoisotopic (exact) mass is 333 g/mol. The van der Waals surface area contributed by atoms with Crippen LogP contribution in [0.15, 0.2) is 48.7 Å². The number of nitro groups is 1. The van der Waals surface area contributed by atoms with Crippen molar-refractivity contribution >= 4 is 39.8 Å². The Morgan fingerprint density at radius 1 is 1.32 bits per heavy atom. The number of thioether (sulfide) groups is 1. The van der Waals surface area contributed by atoms with Crippen molar-refractivity contribution in [2.24, 2.45) is 0 Å². The quantitative estimate of drug-likeness (QED) is 0.525. The first-order valence-electron chi connectivity index (χ1n) is 6.38. The highest BCUT2D eigenvalue weighted by Gasteiger charge is 2.48. The molecule has 1 atom stereocenters. The van der Waals surface area contributed by atoms with Gasteiger partial charge >= 0.3 is 0 Å². The van der Waals surface area contributed by atoms with Crippen molar-refractivity contribution in [1.29, 1.82) is 0 Å². The summed E-state index contributed by atoms with van der Waals surface area (Å²) in [5.41, 5.74) is -1.53. The van der Waals surface area contributed by atoms with Crippen LogP contribution in [0.1, 0.15) is 5.56 Å². The van der Waals surface area contributed by atoms with E-state index in [9.17, 15) is 15.2 Å². The van der Waals surface area contributed by atoms with Crippen LogP contribution in [0.5, 0.6) is 0 Å². The molecular formula is C14H11N3O3S2. The van der Waals surface area contributed by atoms with Gasteiger partial charge in [0.05, 0.1) is 16.2 Å². The summed E-state index contributed by atoms with van der Waals surface area (Å²) in [6.07, 6.45) is 1.58. The van der Waals surface area contributed by atoms with Crippen LogP contribution in [0.3, 0.4) is 0 Å². The Bertz CT molecular complexity index is 741. The molecule has 0 radical (unpaired) electrons. The Hall–Kier alpha value is -2.03. The lowest BCUT2D eigenvalue weighted by molar-refractivity contribution is -0.386. The fraction of sp³-hybridized carbons (Fsp3) is 0.143. The van der Waals surface area contributed by atoms with Gasteiger partial charge in [-0.25, -0.2) is 4.98 Å². The maximum Gasteiger partial charge on any atom is 0.277 e. The van der Waals surface area contributed by atoms with Crippen molar-refractivity contribution in [1.82, 2.24) is 4.98 Å². The standard InChI is InChI=1S/C14H11N3O3S2/c18-14(10-5-1-2-6-11(10)17(19)20)9-22-13(21)16(14)12-7-3-4-8-15-12/h1-8,18H,9H2. The molecule has 1 saturated heterocycles. The number of hydrogen-bond acceptors (Lipinski definition) is 6. The van der Waals surface area contributed by atoms with Crippen molar-refractivity contribution in [2.45, 2.75) is 5.72 Å². The summed E-state index contributed by atoms with van der Waals surface area (Å²) in [5, 5.41) is 22.4. The van der Waals surface area contributed by atoms with Gasteiger partial charge in [-0.05, 0) is 18.2 Å². The minimum absolute atomic E-state index is 0.142. The number of rotatable bonds is 3. The van der Waals surface area contributed by atoms with Crippen molar-refractivity contribution < 1.29 is 10.0 Å². The summed E-state index contributed by atoms with van der Waals surface area (Å²) in [6.45, 7) is 0. The van der Waals surface area contributed by atoms with Gasteiger partial charge in [0.25, 0.3) is 5.69 Å². The number of nitro benzene ring substituents is 1. The Labute approximate surface area is 135 Å². The van der Waals surface area contributed by atoms with Crippen LogP contribution in [-0.2, 0) is 5.72 Å². The normalized spacial score (nSPS) is 21.1. The lowest BCUT2D eigenvalue weighted by Crippen LogP contribution is -2.45. The van der Waals surface area contributed by atoms with E-state index in [0.29, 0.717) is 10.1 Å². The third kappa shape index (κ3) is 2.35. The van der Waals surface area contributed by atoms with Gasteiger partial charge in [-0.2, -0.15) is 0 Å². The molecule has 0 amide bonds. The number of pyridine rings is 1. The molecule has 1 fully saturated rings. The summed E-state index contributed by atoms with van der Waals surface area (Å²) in [4.78, 5) is 16.4. The molecule has 3 rings (SSSR count). The smallest absolute Gasteiger partial charge is 0.277 e. The van der Waals surface area contributed by atoms with Crippen LogP contribution in [0.2, 0.25) is 0 Å². The summed E-state index contributed by atoms with van der Waals surface area (Å²) in [5.74, 6) is 0.658. The van der Waals surface area contributed by atoms with Crippen LogP contribution in [0.25, 0.3) is 0 Å². The van der Waals surface area contributed by atoms with Crippen molar-refractivity contribution in [3.05, 3.63) is 64.3 Å². The van der Waals surface area contributed by atoms with E-state index < -0.39 is 10.6 Å². The molecule has 1 aromatic heterocycles. The molecule has 112 valence electrons. The molecule has 22 heavy (non-hydrogen) atoms. The fourth-order valence-electron chi connectivity index (χ4n) is 2.38. The average Bonchev–Trinajstić information content (AvgIpc) is 2.84. The van der Waals surface area contributed by atoms with Gasteiger partial charge in [0.15, 0.2) is 5.72 Å². The molecule has 0 saturated carbocycles. The molecule has 6 nitrogen and oxygen atoms in total. The molecular weight excluding hydrogens is 322 g/mol. The van der Waals surface area contributed by atoms with E-state index in [1.54, 1.807) is 42.6 Å². The first-order chi connectivity index (χ1) is 10.5. The largest absolute Gasteiger partial charge is 0.365 e. The number of anilines is 1. The van der Waals surface area contributed by atoms with Gasteiger partial charge in [0.1, 0.15) is 10.1 Å². The summed E-state index contributed by atoms with van der Waals surface area (Å²) < 4.78 is 0.430. The number of hydrogen-bond donors (Lipinski definition) is 1. The zero-order chi connectivity index (χ0) is 15.7. The van der Waals surface area contributed by atoms with E-state index in [2.05, 4.69) is 4.98 Å². The Kier molecular flexibility index (Phi) is 3.81. The van der Waals surface area contributed by atoms with Crippen LogP contribution in [0.4, 0.5) is 11.5 Å². The van der Waals surface area contributed by atoms with Gasteiger partial charge in [-0.3, -0.25) is 15.0 Å². The van der Waals surface area contributed by atoms with Crippen LogP contribution >= 0.6 is 24.0 Å². The topological polar surface area (TPSA) is 79.5 Å². The number of benzene rings is 1. The average molecular weight is 333 g/mol. The second-order valence-electron chi connectivity index (χ2n) is 4.67. The van der Waals surface area contributed by atoms with Gasteiger partial charge in [-0.15, -0.1) is 0 Å². The number of nitrogens with zero attached hydrogens (tertiary/aromatic N) is 3. The third-order valence-corrected chi connectivity index (χ3v) is 4.87. The number of thiocarbonyl (C=S) groups is 1. The molecule has 1 aliphatic rings. The fourth-order valence-corrected chi connectivity index (χ4v) is 3.79. The minimum atomic E-state index is -1.60. The SMILES string of the molecule is O=[N+]([O-])c1ccccc1C1(O)CSC(=S)N1c1ccccn1. The molecule has 8 heteroatoms. The zero-order valence-electron chi connectivity index (χ0n) is 11.2. The summed E-state index contributed by atoms with van der Waals surface area (Å²) >= 11 is 6.57. The highest BCUT2D eigenvalue weighted by atomic mass is 32.2. The Morgan fingerprint density at radius 3 is 2.73 bits per heavy atom. The minimum Gasteiger partial charge on any atom is -0.365 e. The Morgan fingerprint density at radius 2 is 2.05 bits per heavy atom. The summed E-state index contributed by atoms with van der Waals surface area (Å²) in [7, 11) is 0. The van der Waals surface area contributed by atoms with Crippen LogP contribution in [0, 0.1) is 10.1 Å². The van der Waals surface area contributed by atoms with Gasteiger partial charge in [-0.1, -0.05) is 42.2 Å². The Balaban J connectivity index is 2.16. The third-order valence-electron chi connectivity index (χ3n) is 3.36. The highest BCUT2D eigenvalue weighted by Crippen LogP contribution is 2.44. The maximum atomic E-state index is 11.3. The van der Waals surface area contributed by atoms with E-state index >= 15 is 0 Å². The second-order valence-corrected chi connectivity index (χ2v) is 6.28. The van der Waals surface area contributed by atoms with Crippen molar-refractivity contribution in [2.75, 3.05) is 10.7 Å². The first kappa shape index (κ1) is 14.9. The second kappa shape index (κ2) is 5.64. The van der Waals surface area contributed by atoms with E-state index in [0.717, 1.165) is 0 Å². The van der Waals surface area contributed by atoms with Gasteiger partial charge < -0.3 is 5.11 Å². The molecule has 1 aliphatic heterocycles. The van der Waals surface area contributed by atoms with Gasteiger partial charge in [0, 0.05) is 12.3 Å². The molecule has 2 heterocycles. The predicted octanol–water partition coefficient (Wildman–Crippen LogP) is 2.67. The molecule has 0 aliphatic carbocycles. The van der Waals surface area contributed by atoms with E-state index in [-0.39, 0.29) is 17.0 Å². The predicted molar refractivity (Wildman–Crippen MR) is 88.8 cm³/mol. The van der Waals surface area contributed by atoms with Crippen LogP contribution in [-0.4, -0.2) is 25.1 Å². The molecule has 0 bridgehead atoms. The number of para-hydroxylation sites is 1. The maximum absolute atomic E-state index is 11.3. The lowest BCUT2D eigenvalue weighted by atomic mass is 10.0. The van der Waals surface area contributed by atoms with Gasteiger partial charge in [0.2, 0.25) is 0 Å². The summed E-state index contributed by atoms with van der Waals surface area (Å²) in [6, 6.07) is 11.4. The van der Waals surface area contributed by atoms with Crippen LogP contribution < -0.4 is 4.90 Å². The molecule has 1 unspecified atom stereocenters. The lowest BCUT2D eigenvalue weighted by Gasteiger charge is -2.33. The molecule has 2 aromatic rings.